The second-order valence-electron chi connectivity index (χ2n) is 12.8. The molecule has 3 rings (SSSR count). The van der Waals surface area contributed by atoms with Crippen molar-refractivity contribution in [2.24, 2.45) is 4.99 Å². The number of benzene rings is 2. The lowest BCUT2D eigenvalue weighted by Crippen LogP contribution is -2.35. The van der Waals surface area contributed by atoms with Crippen molar-refractivity contribution >= 4 is 14.5 Å². The maximum Gasteiger partial charge on any atom is 0.419 e. The van der Waals surface area contributed by atoms with E-state index in [2.05, 4.69) is 0 Å². The highest BCUT2D eigenvalue weighted by molar-refractivity contribution is 7.41. The third-order valence-electron chi connectivity index (χ3n) is 6.30. The number of rotatable bonds is 13. The smallest absolute Gasteiger partial charge is 0.419 e. The van der Waals surface area contributed by atoms with Crippen molar-refractivity contribution in [1.82, 2.24) is 0 Å². The molecule has 0 fully saturated rings. The Hall–Kier alpha value is -2.19. The Bertz CT molecular complexity index is 1170. The summed E-state index contributed by atoms with van der Waals surface area (Å²) in [5.41, 5.74) is 0.305. The number of hydrogen-bond donors (Lipinski definition) is 0. The molecular formula is C32H45F3NO5P. The Kier molecular flexibility index (Phi) is 11.5. The number of ether oxygens (including phenoxy) is 2. The van der Waals surface area contributed by atoms with Gasteiger partial charge >= 0.3 is 14.8 Å². The first-order valence-corrected chi connectivity index (χ1v) is 15.4. The Morgan fingerprint density at radius 3 is 2.05 bits per heavy atom. The molecular weight excluding hydrogens is 566 g/mol. The molecule has 0 spiro atoms. The third-order valence-corrected chi connectivity index (χ3v) is 8.03. The van der Waals surface area contributed by atoms with Crippen LogP contribution in [0.15, 0.2) is 47.5 Å². The van der Waals surface area contributed by atoms with E-state index in [4.69, 9.17) is 28.0 Å². The van der Waals surface area contributed by atoms with Gasteiger partial charge in [-0.25, -0.2) is 4.99 Å². The molecule has 1 unspecified atom stereocenters. The van der Waals surface area contributed by atoms with E-state index in [1.54, 1.807) is 13.0 Å². The summed E-state index contributed by atoms with van der Waals surface area (Å²) >= 11 is 0. The number of hydrogen-bond acceptors (Lipinski definition) is 6. The molecule has 0 aromatic heterocycles. The van der Waals surface area contributed by atoms with Crippen LogP contribution in [-0.2, 0) is 37.3 Å². The molecule has 1 atom stereocenters. The van der Waals surface area contributed by atoms with Gasteiger partial charge in [-0.3, -0.25) is 0 Å². The lowest BCUT2D eigenvalue weighted by atomic mass is 9.93. The molecule has 10 heteroatoms. The fourth-order valence-electron chi connectivity index (χ4n) is 4.27. The van der Waals surface area contributed by atoms with Gasteiger partial charge < -0.3 is 23.0 Å². The number of alkyl halides is 3. The van der Waals surface area contributed by atoms with Crippen LogP contribution in [0, 0.1) is 6.92 Å². The standard InChI is InChI=1S/C32H45F3NO5P/c1-23-11-13-25(14-12-23)10-9-19-37-28-16-15-26(20-27(28)32(33,34)35)17-18-31(21-38-24(2)36-31)22-39-42(40-29(3,4)5)41-30(6,7)8/h11-16,20H,9-10,17-19,21-22H2,1-8H3. The molecule has 1 aliphatic heterocycles. The molecule has 1 aliphatic rings. The molecule has 42 heavy (non-hydrogen) atoms. The number of aryl methyl sites for hydroxylation is 3. The molecule has 0 saturated carbocycles. The fourth-order valence-corrected chi connectivity index (χ4v) is 5.66. The average molecular weight is 612 g/mol. The van der Waals surface area contributed by atoms with Crippen LogP contribution in [0.4, 0.5) is 13.2 Å². The topological polar surface area (TPSA) is 58.5 Å². The summed E-state index contributed by atoms with van der Waals surface area (Å²) in [6.45, 7) is 15.9. The minimum Gasteiger partial charge on any atom is -0.493 e. The predicted molar refractivity (Wildman–Crippen MR) is 161 cm³/mol. The van der Waals surface area contributed by atoms with Crippen LogP contribution in [0.5, 0.6) is 5.75 Å². The molecule has 234 valence electrons. The van der Waals surface area contributed by atoms with E-state index in [9.17, 15) is 13.2 Å². The third kappa shape index (κ3) is 11.5. The highest BCUT2D eigenvalue weighted by Gasteiger charge is 2.39. The number of halogens is 3. The van der Waals surface area contributed by atoms with E-state index in [-0.39, 0.29) is 25.6 Å². The number of nitrogens with zero attached hydrogens (tertiary/aromatic N) is 1. The first kappa shape index (κ1) is 34.3. The van der Waals surface area contributed by atoms with Crippen LogP contribution >= 0.6 is 8.60 Å². The van der Waals surface area contributed by atoms with Crippen molar-refractivity contribution < 1.29 is 36.2 Å². The van der Waals surface area contributed by atoms with E-state index in [1.165, 1.54) is 17.7 Å². The Morgan fingerprint density at radius 2 is 1.50 bits per heavy atom. The SMILES string of the molecule is CC1=NC(CCc2ccc(OCCCc3ccc(C)cc3)c(C(F)(F)F)c2)(COP(OC(C)(C)C)OC(C)(C)C)CO1. The largest absolute Gasteiger partial charge is 0.493 e. The van der Waals surface area contributed by atoms with E-state index in [0.717, 1.165) is 12.0 Å². The molecule has 2 aromatic rings. The molecule has 0 radical (unpaired) electrons. The summed E-state index contributed by atoms with van der Waals surface area (Å²) in [6.07, 6.45) is -2.43. The maximum absolute atomic E-state index is 14.0. The zero-order valence-corrected chi connectivity index (χ0v) is 27.0. The summed E-state index contributed by atoms with van der Waals surface area (Å²) in [5.74, 6) is 0.359. The first-order chi connectivity index (χ1) is 19.4. The Balaban J connectivity index is 1.67. The van der Waals surface area contributed by atoms with Crippen LogP contribution in [-0.4, -0.2) is 42.5 Å². The van der Waals surface area contributed by atoms with Gasteiger partial charge in [0.25, 0.3) is 0 Å². The zero-order valence-electron chi connectivity index (χ0n) is 26.1. The van der Waals surface area contributed by atoms with Gasteiger partial charge in [0.1, 0.15) is 17.9 Å². The summed E-state index contributed by atoms with van der Waals surface area (Å²) in [6, 6.07) is 12.4. The Labute approximate surface area is 250 Å². The number of aliphatic imine (C=N–C) groups is 1. The van der Waals surface area contributed by atoms with Gasteiger partial charge in [-0.2, -0.15) is 13.2 Å². The highest BCUT2D eigenvalue weighted by atomic mass is 31.2. The normalized spacial score (nSPS) is 17.9. The van der Waals surface area contributed by atoms with E-state index in [1.807, 2.05) is 72.7 Å². The van der Waals surface area contributed by atoms with Crippen molar-refractivity contribution in [2.45, 2.75) is 104 Å². The first-order valence-electron chi connectivity index (χ1n) is 14.3. The predicted octanol–water partition coefficient (Wildman–Crippen LogP) is 9.02. The lowest BCUT2D eigenvalue weighted by Gasteiger charge is -2.32. The molecule has 0 N–H and O–H groups in total. The van der Waals surface area contributed by atoms with Crippen LogP contribution in [0.1, 0.15) is 83.6 Å². The van der Waals surface area contributed by atoms with Crippen molar-refractivity contribution in [1.29, 1.82) is 0 Å². The molecule has 1 heterocycles. The van der Waals surface area contributed by atoms with Gasteiger partial charge in [0.15, 0.2) is 5.90 Å². The maximum atomic E-state index is 14.0. The van der Waals surface area contributed by atoms with Gasteiger partial charge in [0.2, 0.25) is 0 Å². The molecule has 0 aliphatic carbocycles. The van der Waals surface area contributed by atoms with E-state index in [0.29, 0.717) is 30.7 Å². The van der Waals surface area contributed by atoms with Crippen LogP contribution in [0.25, 0.3) is 0 Å². The van der Waals surface area contributed by atoms with Gasteiger partial charge in [-0.05, 0) is 97.4 Å². The van der Waals surface area contributed by atoms with Crippen LogP contribution in [0.3, 0.4) is 0 Å². The van der Waals surface area contributed by atoms with Gasteiger partial charge in [0, 0.05) is 6.92 Å². The molecule has 6 nitrogen and oxygen atoms in total. The second-order valence-corrected chi connectivity index (χ2v) is 13.9. The lowest BCUT2D eigenvalue weighted by molar-refractivity contribution is -0.139. The van der Waals surface area contributed by atoms with Gasteiger partial charge in [-0.15, -0.1) is 0 Å². The van der Waals surface area contributed by atoms with E-state index < -0.39 is 37.1 Å². The van der Waals surface area contributed by atoms with E-state index >= 15 is 0 Å². The quantitative estimate of drug-likeness (QED) is 0.167. The van der Waals surface area contributed by atoms with Crippen molar-refractivity contribution in [3.8, 4) is 5.75 Å². The average Bonchev–Trinajstić information content (AvgIpc) is 3.24. The molecule has 0 amide bonds. The van der Waals surface area contributed by atoms with Gasteiger partial charge in [-0.1, -0.05) is 35.9 Å². The summed E-state index contributed by atoms with van der Waals surface area (Å²) in [5, 5.41) is 0. The molecule has 0 bridgehead atoms. The fraction of sp³-hybridized carbons (Fsp3) is 0.594. The monoisotopic (exact) mass is 611 g/mol. The van der Waals surface area contributed by atoms with Crippen molar-refractivity contribution in [3.05, 3.63) is 64.7 Å². The van der Waals surface area contributed by atoms with Crippen molar-refractivity contribution in [2.75, 3.05) is 19.8 Å². The van der Waals surface area contributed by atoms with Crippen LogP contribution < -0.4 is 4.74 Å². The van der Waals surface area contributed by atoms with Crippen LogP contribution in [0.2, 0.25) is 0 Å². The second kappa shape index (κ2) is 14.1. The summed E-state index contributed by atoms with van der Waals surface area (Å²) < 4.78 is 71.6. The summed E-state index contributed by atoms with van der Waals surface area (Å²) in [4.78, 5) is 4.69. The highest BCUT2D eigenvalue weighted by Crippen LogP contribution is 2.48. The summed E-state index contributed by atoms with van der Waals surface area (Å²) in [7, 11) is -1.70. The Morgan fingerprint density at radius 1 is 0.881 bits per heavy atom. The van der Waals surface area contributed by atoms with Crippen molar-refractivity contribution in [3.63, 3.8) is 0 Å². The minimum atomic E-state index is -4.54. The van der Waals surface area contributed by atoms with Gasteiger partial charge in [0.05, 0.1) is 30.0 Å². The molecule has 0 saturated heterocycles. The molecule has 2 aromatic carbocycles. The minimum absolute atomic E-state index is 0.149. The zero-order chi connectivity index (χ0) is 31.2.